The van der Waals surface area contributed by atoms with Gasteiger partial charge >= 0.3 is 6.01 Å². The molecule has 0 bridgehead atoms. The molecular weight excluding hydrogens is 200 g/mol. The fraction of sp³-hybridized carbons (Fsp3) is 0.143. The first kappa shape index (κ1) is 9.34. The fourth-order valence-electron chi connectivity index (χ4n) is 0.960. The molecule has 0 saturated carbocycles. The molecule has 0 spiro atoms. The molecule has 15 heavy (non-hydrogen) atoms. The topological polar surface area (TPSA) is 112 Å². The van der Waals surface area contributed by atoms with Crippen molar-refractivity contribution in [1.29, 1.82) is 0 Å². The number of nitrogens with two attached hydrogens (primary N) is 1. The van der Waals surface area contributed by atoms with Crippen LogP contribution in [0.25, 0.3) is 11.5 Å². The van der Waals surface area contributed by atoms with Gasteiger partial charge in [0.15, 0.2) is 0 Å². The fourth-order valence-corrected chi connectivity index (χ4v) is 0.960. The Balaban J connectivity index is 2.35. The monoisotopic (exact) mass is 208 g/mol. The minimum absolute atomic E-state index is 0.113. The molecule has 0 radical (unpaired) electrons. The number of nitrogen functional groups attached to an aromatic ring is 1. The Morgan fingerprint density at radius 2 is 2.33 bits per heavy atom. The van der Waals surface area contributed by atoms with Crippen LogP contribution in [0.2, 0.25) is 0 Å². The third kappa shape index (κ3) is 1.83. The number of rotatable bonds is 3. The van der Waals surface area contributed by atoms with Crippen molar-refractivity contribution in [2.75, 3.05) is 12.5 Å². The largest absolute Gasteiger partial charge is 0.481 e. The molecule has 0 fully saturated rings. The summed E-state index contributed by atoms with van der Waals surface area (Å²) >= 11 is 0. The lowest BCUT2D eigenvalue weighted by molar-refractivity contribution is 0.397. The average Bonchev–Trinajstić information content (AvgIpc) is 2.78. The van der Waals surface area contributed by atoms with Crippen molar-refractivity contribution in [2.24, 2.45) is 5.84 Å². The summed E-state index contributed by atoms with van der Waals surface area (Å²) < 4.78 is 9.68. The summed E-state index contributed by atoms with van der Waals surface area (Å²) in [4.78, 5) is 11.7. The van der Waals surface area contributed by atoms with E-state index in [2.05, 4.69) is 25.5 Å². The lowest BCUT2D eigenvalue weighted by Gasteiger charge is -1.97. The molecule has 0 aliphatic rings. The molecule has 78 valence electrons. The standard InChI is InChI=1S/C7H8N6O2/c1-14-5-2-4(9-3-10-5)6-11-7(12-8)15-13-6/h2-3H,8H2,1H3,(H,11,12,13). The van der Waals surface area contributed by atoms with E-state index in [1.807, 2.05) is 0 Å². The van der Waals surface area contributed by atoms with Gasteiger partial charge in [0.05, 0.1) is 7.11 Å². The lowest BCUT2D eigenvalue weighted by atomic mass is 10.4. The molecule has 8 nitrogen and oxygen atoms in total. The Morgan fingerprint density at radius 1 is 1.47 bits per heavy atom. The van der Waals surface area contributed by atoms with Gasteiger partial charge in [0.25, 0.3) is 0 Å². The lowest BCUT2D eigenvalue weighted by Crippen LogP contribution is -2.06. The first-order chi connectivity index (χ1) is 7.33. The van der Waals surface area contributed by atoms with Gasteiger partial charge in [0.2, 0.25) is 11.7 Å². The van der Waals surface area contributed by atoms with Gasteiger partial charge in [0, 0.05) is 6.07 Å². The van der Waals surface area contributed by atoms with E-state index >= 15 is 0 Å². The molecule has 2 heterocycles. The van der Waals surface area contributed by atoms with Crippen molar-refractivity contribution in [3.63, 3.8) is 0 Å². The summed E-state index contributed by atoms with van der Waals surface area (Å²) in [7, 11) is 1.51. The Labute approximate surface area is 84.5 Å². The van der Waals surface area contributed by atoms with E-state index in [4.69, 9.17) is 15.1 Å². The van der Waals surface area contributed by atoms with Crippen LogP contribution in [0.1, 0.15) is 0 Å². The molecule has 0 aliphatic heterocycles. The molecule has 2 rings (SSSR count). The third-order valence-electron chi connectivity index (χ3n) is 1.63. The number of nitrogens with zero attached hydrogens (tertiary/aromatic N) is 4. The Morgan fingerprint density at radius 3 is 3.00 bits per heavy atom. The number of hydrazine groups is 1. The van der Waals surface area contributed by atoms with Gasteiger partial charge < -0.3 is 9.26 Å². The van der Waals surface area contributed by atoms with Gasteiger partial charge in [-0.05, 0) is 0 Å². The van der Waals surface area contributed by atoms with Gasteiger partial charge in [-0.15, -0.1) is 0 Å². The van der Waals surface area contributed by atoms with Crippen molar-refractivity contribution >= 4 is 6.01 Å². The number of nitrogens with one attached hydrogen (secondary N) is 1. The van der Waals surface area contributed by atoms with E-state index in [9.17, 15) is 0 Å². The first-order valence-electron chi connectivity index (χ1n) is 4.00. The second-order valence-electron chi connectivity index (χ2n) is 2.51. The molecule has 2 aromatic rings. The number of hydrogen-bond donors (Lipinski definition) is 2. The second kappa shape index (κ2) is 3.88. The predicted octanol–water partition coefficient (Wildman–Crippen LogP) is -0.179. The molecule has 2 aromatic heterocycles. The highest BCUT2D eigenvalue weighted by Crippen LogP contribution is 2.17. The van der Waals surface area contributed by atoms with Crippen LogP contribution in [-0.4, -0.2) is 27.2 Å². The maximum absolute atomic E-state index is 5.09. The molecule has 0 aliphatic carbocycles. The SMILES string of the molecule is COc1cc(-c2noc(NN)n2)ncn1. The van der Waals surface area contributed by atoms with Crippen LogP contribution in [-0.2, 0) is 0 Å². The van der Waals surface area contributed by atoms with Crippen LogP contribution in [0.5, 0.6) is 5.88 Å². The van der Waals surface area contributed by atoms with Crippen LogP contribution in [0.4, 0.5) is 6.01 Å². The molecular formula is C7H8N6O2. The molecule has 0 atom stereocenters. The minimum atomic E-state index is 0.113. The highest BCUT2D eigenvalue weighted by atomic mass is 16.5. The van der Waals surface area contributed by atoms with Crippen LogP contribution < -0.4 is 16.0 Å². The maximum Gasteiger partial charge on any atom is 0.335 e. The molecule has 0 amide bonds. The van der Waals surface area contributed by atoms with Crippen LogP contribution in [0, 0.1) is 0 Å². The van der Waals surface area contributed by atoms with Crippen molar-refractivity contribution in [3.05, 3.63) is 12.4 Å². The van der Waals surface area contributed by atoms with Gasteiger partial charge in [-0.25, -0.2) is 15.8 Å². The van der Waals surface area contributed by atoms with Crippen molar-refractivity contribution in [1.82, 2.24) is 20.1 Å². The van der Waals surface area contributed by atoms with Crippen LogP contribution in [0.3, 0.4) is 0 Å². The summed E-state index contributed by atoms with van der Waals surface area (Å²) in [5.41, 5.74) is 2.72. The van der Waals surface area contributed by atoms with Gasteiger partial charge in [0.1, 0.15) is 12.0 Å². The Kier molecular flexibility index (Phi) is 2.42. The summed E-state index contributed by atoms with van der Waals surface area (Å²) in [6.45, 7) is 0. The van der Waals surface area contributed by atoms with Gasteiger partial charge in [-0.1, -0.05) is 5.16 Å². The van der Waals surface area contributed by atoms with Gasteiger partial charge in [-0.2, -0.15) is 4.98 Å². The molecule has 3 N–H and O–H groups in total. The Hall–Kier alpha value is -2.22. The third-order valence-corrected chi connectivity index (χ3v) is 1.63. The molecule has 0 aromatic carbocycles. The van der Waals surface area contributed by atoms with E-state index in [0.717, 1.165) is 0 Å². The molecule has 0 unspecified atom stereocenters. The number of anilines is 1. The summed E-state index contributed by atoms with van der Waals surface area (Å²) in [6.07, 6.45) is 1.35. The van der Waals surface area contributed by atoms with E-state index in [-0.39, 0.29) is 6.01 Å². The zero-order valence-electron chi connectivity index (χ0n) is 7.84. The van der Waals surface area contributed by atoms with E-state index < -0.39 is 0 Å². The highest BCUT2D eigenvalue weighted by Gasteiger charge is 2.09. The van der Waals surface area contributed by atoms with Crippen molar-refractivity contribution in [2.45, 2.75) is 0 Å². The molecule has 8 heteroatoms. The van der Waals surface area contributed by atoms with E-state index in [1.54, 1.807) is 6.07 Å². The Bertz CT molecular complexity index is 456. The maximum atomic E-state index is 5.09. The normalized spacial score (nSPS) is 10.0. The first-order valence-corrected chi connectivity index (χ1v) is 4.00. The van der Waals surface area contributed by atoms with Gasteiger partial charge in [-0.3, -0.25) is 5.43 Å². The highest BCUT2D eigenvalue weighted by molar-refractivity contribution is 5.50. The number of aromatic nitrogens is 4. The quantitative estimate of drug-likeness (QED) is 0.527. The van der Waals surface area contributed by atoms with Crippen LogP contribution >= 0.6 is 0 Å². The zero-order valence-corrected chi connectivity index (χ0v) is 7.84. The summed E-state index contributed by atoms with van der Waals surface area (Å²) in [6, 6.07) is 1.70. The van der Waals surface area contributed by atoms with Crippen molar-refractivity contribution < 1.29 is 9.26 Å². The average molecular weight is 208 g/mol. The smallest absolute Gasteiger partial charge is 0.335 e. The van der Waals surface area contributed by atoms with E-state index in [0.29, 0.717) is 17.4 Å². The number of hydrogen-bond acceptors (Lipinski definition) is 8. The predicted molar refractivity (Wildman–Crippen MR) is 49.7 cm³/mol. The zero-order chi connectivity index (χ0) is 10.7. The summed E-state index contributed by atoms with van der Waals surface area (Å²) in [5, 5.41) is 3.66. The van der Waals surface area contributed by atoms with Crippen molar-refractivity contribution in [3.8, 4) is 17.4 Å². The molecule has 0 saturated heterocycles. The van der Waals surface area contributed by atoms with E-state index in [1.165, 1.54) is 13.4 Å². The minimum Gasteiger partial charge on any atom is -0.481 e. The number of methoxy groups -OCH3 is 1. The number of ether oxygens (including phenoxy) is 1. The summed E-state index contributed by atoms with van der Waals surface area (Å²) in [5.74, 6) is 5.83. The second-order valence-corrected chi connectivity index (χ2v) is 2.51. The van der Waals surface area contributed by atoms with Crippen LogP contribution in [0.15, 0.2) is 16.9 Å².